The van der Waals surface area contributed by atoms with Crippen molar-refractivity contribution < 1.29 is 9.53 Å². The first-order valence-corrected chi connectivity index (χ1v) is 11.5. The molecule has 0 aromatic heterocycles. The third-order valence-corrected chi connectivity index (χ3v) is 6.66. The number of nitrogens with one attached hydrogen (secondary N) is 2. The Morgan fingerprint density at radius 3 is 2.61 bits per heavy atom. The summed E-state index contributed by atoms with van der Waals surface area (Å²) in [7, 11) is 1.71. The largest absolute Gasteiger partial charge is 0.381 e. The van der Waals surface area contributed by atoms with Crippen LogP contribution in [0.25, 0.3) is 0 Å². The number of guanidine groups is 1. The Balaban J connectivity index is 0.00000341. The lowest BCUT2D eigenvalue weighted by atomic mass is 9.74. The Kier molecular flexibility index (Phi) is 10.9. The van der Waals surface area contributed by atoms with Crippen LogP contribution in [0.1, 0.15) is 44.6 Å². The van der Waals surface area contributed by atoms with Crippen LogP contribution in [0, 0.1) is 5.92 Å². The van der Waals surface area contributed by atoms with E-state index in [1.807, 2.05) is 12.1 Å². The summed E-state index contributed by atoms with van der Waals surface area (Å²) in [6.45, 7) is 7.03. The average molecular weight is 563 g/mol. The molecular weight excluding hydrogens is 527 g/mol. The molecule has 1 aromatic rings. The minimum absolute atomic E-state index is 0. The minimum Gasteiger partial charge on any atom is -0.381 e. The smallest absolute Gasteiger partial charge is 0.220 e. The lowest BCUT2D eigenvalue weighted by Gasteiger charge is -2.38. The molecule has 0 saturated carbocycles. The van der Waals surface area contributed by atoms with Crippen molar-refractivity contribution in [2.24, 2.45) is 10.9 Å². The van der Waals surface area contributed by atoms with Crippen LogP contribution in [0.4, 0.5) is 0 Å². The van der Waals surface area contributed by atoms with Gasteiger partial charge in [0.2, 0.25) is 5.91 Å². The fourth-order valence-electron chi connectivity index (χ4n) is 4.48. The normalized spacial score (nSPS) is 19.5. The van der Waals surface area contributed by atoms with Crippen molar-refractivity contribution in [3.8, 4) is 0 Å². The van der Waals surface area contributed by atoms with Crippen molar-refractivity contribution in [3.05, 3.63) is 34.9 Å². The fourth-order valence-corrected chi connectivity index (χ4v) is 4.67. The lowest BCUT2D eigenvalue weighted by molar-refractivity contribution is -0.121. The first kappa shape index (κ1) is 26.2. The molecule has 0 aliphatic carbocycles. The molecule has 31 heavy (non-hydrogen) atoms. The van der Waals surface area contributed by atoms with E-state index in [1.54, 1.807) is 7.05 Å². The van der Waals surface area contributed by atoms with Gasteiger partial charge < -0.3 is 20.3 Å². The van der Waals surface area contributed by atoms with Gasteiger partial charge in [0.15, 0.2) is 5.96 Å². The van der Waals surface area contributed by atoms with E-state index in [-0.39, 0.29) is 35.3 Å². The predicted octanol–water partition coefficient (Wildman–Crippen LogP) is 3.82. The Morgan fingerprint density at radius 1 is 1.29 bits per heavy atom. The van der Waals surface area contributed by atoms with Gasteiger partial charge in [0.25, 0.3) is 0 Å². The van der Waals surface area contributed by atoms with Crippen LogP contribution in [0.2, 0.25) is 5.02 Å². The van der Waals surface area contributed by atoms with Crippen molar-refractivity contribution in [2.75, 3.05) is 46.4 Å². The summed E-state index contributed by atoms with van der Waals surface area (Å²) in [5.41, 5.74) is 1.21. The molecule has 0 atom stereocenters. The van der Waals surface area contributed by atoms with Gasteiger partial charge in [-0.15, -0.1) is 24.0 Å². The van der Waals surface area contributed by atoms with Crippen molar-refractivity contribution in [1.82, 2.24) is 15.5 Å². The van der Waals surface area contributed by atoms with Gasteiger partial charge in [-0.25, -0.2) is 0 Å². The molecule has 2 heterocycles. The topological polar surface area (TPSA) is 66.0 Å². The van der Waals surface area contributed by atoms with Gasteiger partial charge in [0, 0.05) is 56.8 Å². The zero-order valence-corrected chi connectivity index (χ0v) is 21.7. The highest BCUT2D eigenvalue weighted by molar-refractivity contribution is 14.0. The van der Waals surface area contributed by atoms with E-state index >= 15 is 0 Å². The Labute approximate surface area is 208 Å². The van der Waals surface area contributed by atoms with Gasteiger partial charge in [-0.05, 0) is 56.2 Å². The molecule has 0 spiro atoms. The lowest BCUT2D eigenvalue weighted by Crippen LogP contribution is -2.47. The Hall–Kier alpha value is -1.06. The number of benzene rings is 1. The maximum absolute atomic E-state index is 11.7. The summed E-state index contributed by atoms with van der Waals surface area (Å²) in [6, 6.07) is 8.21. The van der Waals surface area contributed by atoms with Gasteiger partial charge in [-0.3, -0.25) is 9.79 Å². The average Bonchev–Trinajstić information content (AvgIpc) is 2.78. The molecule has 2 fully saturated rings. The standard InChI is InChI=1S/C23H35ClN4O2.HI/c1-3-26-22(28-11-7-18(8-12-28)15-21(29)25-2)27-17-23(9-13-30-14-10-23)19-5-4-6-20(24)16-19;/h4-6,16,18H,3,7-15,17H2,1-2H3,(H,25,29)(H,26,27);1H. The first-order chi connectivity index (χ1) is 14.6. The molecule has 174 valence electrons. The summed E-state index contributed by atoms with van der Waals surface area (Å²) in [6.07, 6.45) is 4.56. The molecule has 8 heteroatoms. The van der Waals surface area contributed by atoms with Gasteiger partial charge in [0.05, 0.1) is 6.54 Å². The number of aliphatic imine (C=N–C) groups is 1. The molecule has 0 radical (unpaired) electrons. The van der Waals surface area contributed by atoms with Gasteiger partial charge in [0.1, 0.15) is 0 Å². The quantitative estimate of drug-likeness (QED) is 0.314. The van der Waals surface area contributed by atoms with E-state index < -0.39 is 0 Å². The number of carbonyl (C=O) groups excluding carboxylic acids is 1. The number of carbonyl (C=O) groups is 1. The van der Waals surface area contributed by atoms with E-state index in [0.717, 1.165) is 76.1 Å². The number of likely N-dealkylation sites (tertiary alicyclic amines) is 1. The number of ether oxygens (including phenoxy) is 1. The maximum Gasteiger partial charge on any atom is 0.220 e. The molecule has 0 unspecified atom stereocenters. The SMILES string of the molecule is CCNC(=NCC1(c2cccc(Cl)c2)CCOCC1)N1CCC(CC(=O)NC)CC1.I. The molecule has 2 saturated heterocycles. The number of hydrogen-bond acceptors (Lipinski definition) is 3. The Morgan fingerprint density at radius 2 is 2.00 bits per heavy atom. The van der Waals surface area contributed by atoms with E-state index in [1.165, 1.54) is 5.56 Å². The van der Waals surface area contributed by atoms with E-state index in [0.29, 0.717) is 12.3 Å². The molecule has 6 nitrogen and oxygen atoms in total. The summed E-state index contributed by atoms with van der Waals surface area (Å²) < 4.78 is 5.66. The van der Waals surface area contributed by atoms with Crippen LogP contribution < -0.4 is 10.6 Å². The van der Waals surface area contributed by atoms with E-state index in [4.69, 9.17) is 21.3 Å². The predicted molar refractivity (Wildman–Crippen MR) is 138 cm³/mol. The number of halogens is 2. The fraction of sp³-hybridized carbons (Fsp3) is 0.652. The first-order valence-electron chi connectivity index (χ1n) is 11.1. The van der Waals surface area contributed by atoms with Crippen molar-refractivity contribution in [3.63, 3.8) is 0 Å². The summed E-state index contributed by atoms with van der Waals surface area (Å²) in [5.74, 6) is 1.57. The van der Waals surface area contributed by atoms with Crippen LogP contribution in [0.3, 0.4) is 0 Å². The highest BCUT2D eigenvalue weighted by Gasteiger charge is 2.35. The number of amides is 1. The van der Waals surface area contributed by atoms with Crippen LogP contribution in [-0.4, -0.2) is 63.2 Å². The highest BCUT2D eigenvalue weighted by atomic mass is 127. The molecule has 2 aliphatic heterocycles. The van der Waals surface area contributed by atoms with Crippen molar-refractivity contribution in [1.29, 1.82) is 0 Å². The van der Waals surface area contributed by atoms with E-state index in [9.17, 15) is 4.79 Å². The van der Waals surface area contributed by atoms with Crippen LogP contribution >= 0.6 is 35.6 Å². The Bertz CT molecular complexity index is 732. The van der Waals surface area contributed by atoms with E-state index in [2.05, 4.69) is 34.6 Å². The summed E-state index contributed by atoms with van der Waals surface area (Å²) >= 11 is 6.30. The molecule has 1 aromatic carbocycles. The molecule has 3 rings (SSSR count). The summed E-state index contributed by atoms with van der Waals surface area (Å²) in [5, 5.41) is 6.99. The second-order valence-corrected chi connectivity index (χ2v) is 8.82. The highest BCUT2D eigenvalue weighted by Crippen LogP contribution is 2.36. The van der Waals surface area contributed by atoms with Gasteiger partial charge in [-0.2, -0.15) is 0 Å². The van der Waals surface area contributed by atoms with Gasteiger partial charge in [-0.1, -0.05) is 23.7 Å². The van der Waals surface area contributed by atoms with Crippen LogP contribution in [0.5, 0.6) is 0 Å². The zero-order valence-electron chi connectivity index (χ0n) is 18.7. The number of piperidine rings is 1. The van der Waals surface area contributed by atoms with Crippen LogP contribution in [-0.2, 0) is 14.9 Å². The molecule has 0 bridgehead atoms. The third kappa shape index (κ3) is 7.22. The molecule has 2 N–H and O–H groups in total. The third-order valence-electron chi connectivity index (χ3n) is 6.42. The van der Waals surface area contributed by atoms with Crippen LogP contribution in [0.15, 0.2) is 29.3 Å². The zero-order chi connectivity index (χ0) is 21.4. The second-order valence-electron chi connectivity index (χ2n) is 8.38. The van der Waals surface area contributed by atoms with Gasteiger partial charge >= 0.3 is 0 Å². The number of rotatable bonds is 6. The molecule has 1 amide bonds. The second kappa shape index (κ2) is 12.8. The van der Waals surface area contributed by atoms with Crippen molar-refractivity contribution >= 4 is 47.4 Å². The minimum atomic E-state index is -0.0403. The maximum atomic E-state index is 11.7. The summed E-state index contributed by atoms with van der Waals surface area (Å²) in [4.78, 5) is 19.1. The molecular formula is C23H36ClIN4O2. The monoisotopic (exact) mass is 562 g/mol. The number of nitrogens with zero attached hydrogens (tertiary/aromatic N) is 2. The van der Waals surface area contributed by atoms with Crippen molar-refractivity contribution in [2.45, 2.75) is 44.4 Å². The number of hydrogen-bond donors (Lipinski definition) is 2. The molecule has 2 aliphatic rings.